The van der Waals surface area contributed by atoms with Crippen LogP contribution in [0.3, 0.4) is 0 Å². The lowest BCUT2D eigenvalue weighted by molar-refractivity contribution is 0.0577. The Morgan fingerprint density at radius 1 is 1.26 bits per heavy atom. The number of hydrogen-bond donors (Lipinski definition) is 2. The summed E-state index contributed by atoms with van der Waals surface area (Å²) in [6.45, 7) is 6.78. The predicted octanol–water partition coefficient (Wildman–Crippen LogP) is 2.75. The lowest BCUT2D eigenvalue weighted by atomic mass is 9.92. The number of halogens is 1. The molecule has 10 nitrogen and oxygen atoms in total. The van der Waals surface area contributed by atoms with Gasteiger partial charge in [0.2, 0.25) is 5.95 Å². The van der Waals surface area contributed by atoms with Crippen LogP contribution in [0.4, 0.5) is 16.0 Å². The molecular weight excluding hydrogens is 439 g/mol. The van der Waals surface area contributed by atoms with Gasteiger partial charge >= 0.3 is 0 Å². The van der Waals surface area contributed by atoms with E-state index in [1.165, 1.54) is 23.8 Å². The van der Waals surface area contributed by atoms with Gasteiger partial charge in [0.05, 0.1) is 36.5 Å². The zero-order valence-corrected chi connectivity index (χ0v) is 19.7. The van der Waals surface area contributed by atoms with Gasteiger partial charge in [0, 0.05) is 24.7 Å². The standard InChI is InChI=1S/C23H29FN8O2/c1-13-5-6-14(10-31(13)15-9-26-30(11-15)12-23(2,3)33)20-28-21-18-16(24)7-8-17(34-4)19(18)27-22(25)32(21)29-20/h7-9,11,13-14,33H,5-6,10,12H2,1-4H3,(H2,25,27)/t13-,14+/m0/s1. The number of hydrogen-bond acceptors (Lipinski definition) is 8. The number of fused-ring (bicyclic) bond motifs is 3. The second-order valence-electron chi connectivity index (χ2n) is 9.63. The minimum atomic E-state index is -0.853. The summed E-state index contributed by atoms with van der Waals surface area (Å²) in [6, 6.07) is 3.17. The molecule has 1 aromatic carbocycles. The summed E-state index contributed by atoms with van der Waals surface area (Å²) >= 11 is 0. The van der Waals surface area contributed by atoms with Crippen molar-refractivity contribution in [3.05, 3.63) is 36.2 Å². The van der Waals surface area contributed by atoms with Crippen molar-refractivity contribution in [1.29, 1.82) is 0 Å². The topological polar surface area (TPSA) is 120 Å². The van der Waals surface area contributed by atoms with E-state index < -0.39 is 11.4 Å². The van der Waals surface area contributed by atoms with Crippen molar-refractivity contribution in [1.82, 2.24) is 29.4 Å². The first-order chi connectivity index (χ1) is 16.1. The smallest absolute Gasteiger partial charge is 0.223 e. The number of methoxy groups -OCH3 is 1. The molecule has 3 aromatic heterocycles. The molecule has 0 spiro atoms. The number of aliphatic hydroxyl groups is 1. The van der Waals surface area contributed by atoms with E-state index in [2.05, 4.69) is 27.0 Å². The molecule has 1 fully saturated rings. The third kappa shape index (κ3) is 3.89. The fourth-order valence-electron chi connectivity index (χ4n) is 4.68. The Kier molecular flexibility index (Phi) is 5.31. The van der Waals surface area contributed by atoms with Gasteiger partial charge in [-0.05, 0) is 45.7 Å². The highest BCUT2D eigenvalue weighted by atomic mass is 19.1. The van der Waals surface area contributed by atoms with Crippen molar-refractivity contribution in [2.24, 2.45) is 0 Å². The summed E-state index contributed by atoms with van der Waals surface area (Å²) in [5.74, 6) is 0.723. The van der Waals surface area contributed by atoms with E-state index in [1.807, 2.05) is 12.4 Å². The Morgan fingerprint density at radius 2 is 2.06 bits per heavy atom. The van der Waals surface area contributed by atoms with Crippen LogP contribution in [0.15, 0.2) is 24.5 Å². The second-order valence-corrected chi connectivity index (χ2v) is 9.63. The van der Waals surface area contributed by atoms with Gasteiger partial charge in [-0.15, -0.1) is 5.10 Å². The number of rotatable bonds is 5. The number of nitrogens with two attached hydrogens (primary N) is 1. The molecule has 0 amide bonds. The maximum atomic E-state index is 14.8. The molecule has 0 unspecified atom stereocenters. The molecular formula is C23H29FN8O2. The number of piperidine rings is 1. The van der Waals surface area contributed by atoms with E-state index in [0.29, 0.717) is 41.9 Å². The van der Waals surface area contributed by atoms with Gasteiger partial charge in [0.1, 0.15) is 17.1 Å². The molecule has 1 saturated heterocycles. The maximum absolute atomic E-state index is 14.8. The summed E-state index contributed by atoms with van der Waals surface area (Å²) in [5.41, 5.74) is 6.94. The van der Waals surface area contributed by atoms with Crippen LogP contribution in [0.25, 0.3) is 16.6 Å². The average molecular weight is 469 g/mol. The highest BCUT2D eigenvalue weighted by molar-refractivity contribution is 5.96. The van der Waals surface area contributed by atoms with E-state index in [-0.39, 0.29) is 17.3 Å². The predicted molar refractivity (Wildman–Crippen MR) is 127 cm³/mol. The van der Waals surface area contributed by atoms with Crippen molar-refractivity contribution < 1.29 is 14.2 Å². The fraction of sp³-hybridized carbons (Fsp3) is 0.478. The zero-order valence-electron chi connectivity index (χ0n) is 19.7. The van der Waals surface area contributed by atoms with Gasteiger partial charge in [0.15, 0.2) is 11.5 Å². The highest BCUT2D eigenvalue weighted by Gasteiger charge is 2.31. The molecule has 1 aliphatic heterocycles. The van der Waals surface area contributed by atoms with Crippen molar-refractivity contribution in [3.8, 4) is 5.75 Å². The van der Waals surface area contributed by atoms with Gasteiger partial charge in [-0.3, -0.25) is 4.68 Å². The molecule has 11 heteroatoms. The Hall–Kier alpha value is -3.47. The van der Waals surface area contributed by atoms with E-state index in [1.54, 1.807) is 18.5 Å². The summed E-state index contributed by atoms with van der Waals surface area (Å²) < 4.78 is 23.3. The molecule has 5 rings (SSSR count). The molecule has 0 saturated carbocycles. The molecule has 34 heavy (non-hydrogen) atoms. The third-order valence-electron chi connectivity index (χ3n) is 6.35. The van der Waals surface area contributed by atoms with E-state index >= 15 is 0 Å². The van der Waals surface area contributed by atoms with Crippen LogP contribution in [-0.2, 0) is 6.54 Å². The van der Waals surface area contributed by atoms with Crippen molar-refractivity contribution in [3.63, 3.8) is 0 Å². The summed E-state index contributed by atoms with van der Waals surface area (Å²) in [7, 11) is 1.51. The van der Waals surface area contributed by atoms with Gasteiger partial charge in [-0.25, -0.2) is 14.4 Å². The molecule has 4 heterocycles. The second kappa shape index (κ2) is 8.08. The first-order valence-corrected chi connectivity index (χ1v) is 11.3. The van der Waals surface area contributed by atoms with Gasteiger partial charge in [0.25, 0.3) is 0 Å². The molecule has 180 valence electrons. The van der Waals surface area contributed by atoms with E-state index in [9.17, 15) is 9.50 Å². The lowest BCUT2D eigenvalue weighted by Gasteiger charge is -2.37. The van der Waals surface area contributed by atoms with Crippen LogP contribution in [-0.4, -0.2) is 59.8 Å². The number of aromatic nitrogens is 6. The van der Waals surface area contributed by atoms with Crippen LogP contribution in [0.5, 0.6) is 5.75 Å². The van der Waals surface area contributed by atoms with E-state index in [4.69, 9.17) is 15.5 Å². The zero-order chi connectivity index (χ0) is 24.2. The molecule has 0 bridgehead atoms. The van der Waals surface area contributed by atoms with Crippen LogP contribution in [0.2, 0.25) is 0 Å². The summed E-state index contributed by atoms with van der Waals surface area (Å²) in [4.78, 5) is 11.3. The van der Waals surface area contributed by atoms with Crippen molar-refractivity contribution in [2.45, 2.75) is 57.7 Å². The number of anilines is 2. The lowest BCUT2D eigenvalue weighted by Crippen LogP contribution is -2.41. The Balaban J connectivity index is 1.50. The van der Waals surface area contributed by atoms with Gasteiger partial charge < -0.3 is 20.5 Å². The molecule has 2 atom stereocenters. The number of ether oxygens (including phenoxy) is 1. The van der Waals surface area contributed by atoms with Crippen molar-refractivity contribution >= 4 is 28.2 Å². The monoisotopic (exact) mass is 468 g/mol. The Bertz CT molecular complexity index is 1360. The van der Waals surface area contributed by atoms with Crippen molar-refractivity contribution in [2.75, 3.05) is 24.3 Å². The Labute approximate surface area is 196 Å². The third-order valence-corrected chi connectivity index (χ3v) is 6.35. The average Bonchev–Trinajstić information content (AvgIpc) is 3.41. The quantitative estimate of drug-likeness (QED) is 0.459. The van der Waals surface area contributed by atoms with Crippen LogP contribution >= 0.6 is 0 Å². The van der Waals surface area contributed by atoms with E-state index in [0.717, 1.165) is 18.5 Å². The van der Waals surface area contributed by atoms with Gasteiger partial charge in [-0.1, -0.05) is 0 Å². The SMILES string of the molecule is COc1ccc(F)c2c1nc(N)n1nc([C@@H]3CC[C@H](C)N(c4cnn(CC(C)(C)O)c4)C3)nc21. The highest BCUT2D eigenvalue weighted by Crippen LogP contribution is 2.34. The normalized spacial score (nSPS) is 19.3. The molecule has 1 aliphatic rings. The first kappa shape index (κ1) is 22.3. The largest absolute Gasteiger partial charge is 0.494 e. The summed E-state index contributed by atoms with van der Waals surface area (Å²) in [6.07, 6.45) is 5.60. The van der Waals surface area contributed by atoms with Crippen LogP contribution in [0, 0.1) is 5.82 Å². The van der Waals surface area contributed by atoms with Crippen LogP contribution in [0.1, 0.15) is 45.4 Å². The number of benzene rings is 1. The molecule has 0 radical (unpaired) electrons. The molecule has 3 N–H and O–H groups in total. The van der Waals surface area contributed by atoms with Gasteiger partial charge in [-0.2, -0.15) is 9.61 Å². The minimum Gasteiger partial charge on any atom is -0.494 e. The number of nitrogens with zero attached hydrogens (tertiary/aromatic N) is 7. The maximum Gasteiger partial charge on any atom is 0.223 e. The van der Waals surface area contributed by atoms with Crippen LogP contribution < -0.4 is 15.4 Å². The molecule has 0 aliphatic carbocycles. The Morgan fingerprint density at radius 3 is 2.79 bits per heavy atom. The minimum absolute atomic E-state index is 0.0249. The molecule has 4 aromatic rings. The first-order valence-electron chi connectivity index (χ1n) is 11.3. The number of nitrogen functional groups attached to an aromatic ring is 1. The fourth-order valence-corrected chi connectivity index (χ4v) is 4.68. The summed E-state index contributed by atoms with van der Waals surface area (Å²) in [5, 5.41) is 19.4.